The van der Waals surface area contributed by atoms with Crippen LogP contribution in [0.2, 0.25) is 0 Å². The molecule has 1 aromatic heterocycles. The van der Waals surface area contributed by atoms with E-state index in [0.717, 1.165) is 0 Å². The maximum atomic E-state index is 13.3. The molecule has 2 N–H and O–H groups in total. The van der Waals surface area contributed by atoms with Crippen LogP contribution in [0.3, 0.4) is 0 Å². The highest BCUT2D eigenvalue weighted by Crippen LogP contribution is 2.27. The van der Waals surface area contributed by atoms with Crippen LogP contribution in [0.4, 0.5) is 0 Å². The summed E-state index contributed by atoms with van der Waals surface area (Å²) in [5.74, 6) is 4.91. The van der Waals surface area contributed by atoms with Crippen LogP contribution in [0.5, 0.6) is 5.88 Å². The SMILES string of the molecule is COCC(=O)N(C)C[C@@H]1Oc2ncc(C#C[C@H](C)O)cc2C(=O)N([C@H](C)CO)C[C@@H]1C. The van der Waals surface area contributed by atoms with E-state index in [4.69, 9.17) is 9.47 Å². The first-order valence-electron chi connectivity index (χ1n) is 10.2. The lowest BCUT2D eigenvalue weighted by atomic mass is 10.00. The van der Waals surface area contributed by atoms with Gasteiger partial charge < -0.3 is 29.5 Å². The summed E-state index contributed by atoms with van der Waals surface area (Å²) < 4.78 is 11.0. The van der Waals surface area contributed by atoms with Crippen LogP contribution in [-0.2, 0) is 9.53 Å². The predicted molar refractivity (Wildman–Crippen MR) is 113 cm³/mol. The van der Waals surface area contributed by atoms with Gasteiger partial charge in [-0.2, -0.15) is 0 Å². The summed E-state index contributed by atoms with van der Waals surface area (Å²) in [5, 5.41) is 19.1. The molecule has 1 aliphatic heterocycles. The monoisotopic (exact) mass is 433 g/mol. The third-order valence-corrected chi connectivity index (χ3v) is 5.09. The van der Waals surface area contributed by atoms with Crippen molar-refractivity contribution in [2.45, 2.75) is 39.0 Å². The number of hydrogen-bond acceptors (Lipinski definition) is 7. The highest BCUT2D eigenvalue weighted by Gasteiger charge is 2.34. The molecule has 2 heterocycles. The van der Waals surface area contributed by atoms with Crippen molar-refractivity contribution in [3.05, 3.63) is 23.4 Å². The van der Waals surface area contributed by atoms with Gasteiger partial charge in [0.05, 0.1) is 19.2 Å². The second-order valence-electron chi connectivity index (χ2n) is 7.85. The normalized spacial score (nSPS) is 20.4. The summed E-state index contributed by atoms with van der Waals surface area (Å²) in [7, 11) is 3.12. The van der Waals surface area contributed by atoms with E-state index in [1.807, 2.05) is 6.92 Å². The first-order chi connectivity index (χ1) is 14.7. The van der Waals surface area contributed by atoms with Gasteiger partial charge in [0, 0.05) is 38.4 Å². The standard InChI is InChI=1S/C22H31N3O6/c1-14-10-25(15(2)12-26)22(29)18-8-17(7-6-16(3)27)9-23-21(18)31-19(14)11-24(4)20(28)13-30-5/h8-9,14-16,19,26-27H,10-13H2,1-5H3/t14-,15+,16-,19-/m0/s1. The van der Waals surface area contributed by atoms with Gasteiger partial charge in [0.25, 0.3) is 5.91 Å². The number of nitrogens with zero attached hydrogens (tertiary/aromatic N) is 3. The molecule has 0 aliphatic carbocycles. The fourth-order valence-corrected chi connectivity index (χ4v) is 3.18. The van der Waals surface area contributed by atoms with E-state index in [-0.39, 0.29) is 48.9 Å². The van der Waals surface area contributed by atoms with E-state index in [9.17, 15) is 19.8 Å². The van der Waals surface area contributed by atoms with E-state index in [1.54, 1.807) is 31.9 Å². The molecular weight excluding hydrogens is 402 g/mol. The lowest BCUT2D eigenvalue weighted by Gasteiger charge is -2.37. The molecule has 0 aromatic carbocycles. The summed E-state index contributed by atoms with van der Waals surface area (Å²) in [6.07, 6.45) is 0.225. The summed E-state index contributed by atoms with van der Waals surface area (Å²) in [6, 6.07) is 1.16. The molecule has 9 heteroatoms. The van der Waals surface area contributed by atoms with E-state index >= 15 is 0 Å². The number of rotatable bonds is 6. The highest BCUT2D eigenvalue weighted by atomic mass is 16.5. The Hall–Kier alpha value is -2.67. The third-order valence-electron chi connectivity index (χ3n) is 5.09. The molecule has 2 amide bonds. The highest BCUT2D eigenvalue weighted by molar-refractivity contribution is 5.97. The van der Waals surface area contributed by atoms with E-state index in [2.05, 4.69) is 16.8 Å². The van der Waals surface area contributed by atoms with Crippen molar-refractivity contribution in [3.8, 4) is 17.7 Å². The molecule has 0 fully saturated rings. The van der Waals surface area contributed by atoms with Crippen molar-refractivity contribution in [2.24, 2.45) is 5.92 Å². The Morgan fingerprint density at radius 3 is 2.81 bits per heavy atom. The second kappa shape index (κ2) is 11.1. The number of likely N-dealkylation sites (N-methyl/N-ethyl adjacent to an activating group) is 1. The molecule has 9 nitrogen and oxygen atoms in total. The molecule has 2 rings (SSSR count). The number of carbonyl (C=O) groups is 2. The maximum absolute atomic E-state index is 13.3. The van der Waals surface area contributed by atoms with Crippen LogP contribution in [0.25, 0.3) is 0 Å². The second-order valence-corrected chi connectivity index (χ2v) is 7.85. The zero-order valence-corrected chi connectivity index (χ0v) is 18.7. The van der Waals surface area contributed by atoms with Crippen LogP contribution in [0.1, 0.15) is 36.7 Å². The number of aliphatic hydroxyl groups is 2. The Morgan fingerprint density at radius 2 is 2.19 bits per heavy atom. The first kappa shape index (κ1) is 24.6. The molecular formula is C22H31N3O6. The number of aromatic nitrogens is 1. The first-order valence-corrected chi connectivity index (χ1v) is 10.2. The van der Waals surface area contributed by atoms with Crippen LogP contribution in [0, 0.1) is 17.8 Å². The molecule has 0 spiro atoms. The number of fused-ring (bicyclic) bond motifs is 1. The number of amides is 2. The number of ether oxygens (including phenoxy) is 2. The Kier molecular flexibility index (Phi) is 8.80. The minimum atomic E-state index is -0.815. The Morgan fingerprint density at radius 1 is 1.48 bits per heavy atom. The quantitative estimate of drug-likeness (QED) is 0.614. The van der Waals surface area contributed by atoms with Gasteiger partial charge >= 0.3 is 0 Å². The van der Waals surface area contributed by atoms with Crippen molar-refractivity contribution >= 4 is 11.8 Å². The summed E-state index contributed by atoms with van der Waals surface area (Å²) in [5.41, 5.74) is 0.686. The van der Waals surface area contributed by atoms with Crippen LogP contribution < -0.4 is 4.74 Å². The fourth-order valence-electron chi connectivity index (χ4n) is 3.18. The van der Waals surface area contributed by atoms with Gasteiger partial charge in [0.2, 0.25) is 11.8 Å². The molecule has 0 saturated carbocycles. The van der Waals surface area contributed by atoms with Crippen LogP contribution >= 0.6 is 0 Å². The third kappa shape index (κ3) is 6.40. The average molecular weight is 434 g/mol. The smallest absolute Gasteiger partial charge is 0.259 e. The Bertz CT molecular complexity index is 847. The van der Waals surface area contributed by atoms with E-state index in [1.165, 1.54) is 18.2 Å². The maximum Gasteiger partial charge on any atom is 0.259 e. The van der Waals surface area contributed by atoms with Crippen LogP contribution in [0.15, 0.2) is 12.3 Å². The van der Waals surface area contributed by atoms with Gasteiger partial charge in [0.15, 0.2) is 0 Å². The Labute approximate surface area is 183 Å². The topological polar surface area (TPSA) is 112 Å². The minimum absolute atomic E-state index is 0.0378. The molecule has 0 bridgehead atoms. The number of hydrogen-bond donors (Lipinski definition) is 2. The van der Waals surface area contributed by atoms with Gasteiger partial charge in [-0.25, -0.2) is 4.98 Å². The molecule has 170 valence electrons. The van der Waals surface area contributed by atoms with Gasteiger partial charge in [-0.05, 0) is 19.9 Å². The van der Waals surface area contributed by atoms with Crippen molar-refractivity contribution in [2.75, 3.05) is 40.5 Å². The Balaban J connectivity index is 2.44. The van der Waals surface area contributed by atoms with E-state index in [0.29, 0.717) is 12.1 Å². The van der Waals surface area contributed by atoms with Crippen molar-refractivity contribution < 1.29 is 29.3 Å². The number of pyridine rings is 1. The minimum Gasteiger partial charge on any atom is -0.472 e. The van der Waals surface area contributed by atoms with Gasteiger partial charge in [-0.1, -0.05) is 18.8 Å². The molecule has 1 aromatic rings. The molecule has 0 radical (unpaired) electrons. The van der Waals surface area contributed by atoms with Gasteiger partial charge in [-0.15, -0.1) is 0 Å². The van der Waals surface area contributed by atoms with E-state index < -0.39 is 18.2 Å². The van der Waals surface area contributed by atoms with Gasteiger partial charge in [0.1, 0.15) is 24.4 Å². The zero-order chi connectivity index (χ0) is 23.1. The van der Waals surface area contributed by atoms with Gasteiger partial charge in [-0.3, -0.25) is 9.59 Å². The van der Waals surface area contributed by atoms with Crippen molar-refractivity contribution in [1.29, 1.82) is 0 Å². The lowest BCUT2D eigenvalue weighted by Crippen LogP contribution is -2.50. The fraction of sp³-hybridized carbons (Fsp3) is 0.591. The predicted octanol–water partition coefficient (Wildman–Crippen LogP) is 0.139. The lowest BCUT2D eigenvalue weighted by molar-refractivity contribution is -0.135. The molecule has 0 saturated heterocycles. The van der Waals surface area contributed by atoms with Crippen molar-refractivity contribution in [1.82, 2.24) is 14.8 Å². The summed E-state index contributed by atoms with van der Waals surface area (Å²) >= 11 is 0. The average Bonchev–Trinajstić information content (AvgIpc) is 2.74. The number of carbonyl (C=O) groups excluding carboxylic acids is 2. The summed E-state index contributed by atoms with van der Waals surface area (Å²) in [6.45, 7) is 5.62. The summed E-state index contributed by atoms with van der Waals surface area (Å²) in [4.78, 5) is 32.8. The molecule has 1 aliphatic rings. The number of methoxy groups -OCH3 is 1. The molecule has 0 unspecified atom stereocenters. The zero-order valence-electron chi connectivity index (χ0n) is 18.7. The molecule has 31 heavy (non-hydrogen) atoms. The van der Waals surface area contributed by atoms with Crippen molar-refractivity contribution in [3.63, 3.8) is 0 Å². The largest absolute Gasteiger partial charge is 0.472 e. The number of aliphatic hydroxyl groups excluding tert-OH is 2. The van der Waals surface area contributed by atoms with Crippen LogP contribution in [-0.4, -0.2) is 95.5 Å². The molecule has 4 atom stereocenters.